The Morgan fingerprint density at radius 2 is 1.97 bits per heavy atom. The smallest absolute Gasteiger partial charge is 0.302 e. The fraction of sp³-hybridized carbons (Fsp3) is 0.190. The van der Waals surface area contributed by atoms with E-state index in [1.165, 1.54) is 10.9 Å². The molecule has 0 atom stereocenters. The number of nitrogens with zero attached hydrogens (tertiary/aromatic N) is 1. The second kappa shape index (κ2) is 7.50. The van der Waals surface area contributed by atoms with Crippen LogP contribution in [-0.4, -0.2) is 15.5 Å². The van der Waals surface area contributed by atoms with Crippen LogP contribution in [0.3, 0.4) is 0 Å². The maximum absolute atomic E-state index is 13.3. The highest BCUT2D eigenvalue weighted by atomic mass is 35.5. The summed E-state index contributed by atoms with van der Waals surface area (Å²) < 4.78 is 6.76. The highest BCUT2D eigenvalue weighted by molar-refractivity contribution is 7.71. The molecular formula is C21H14Cl2N2O3S2. The third kappa shape index (κ3) is 3.17. The van der Waals surface area contributed by atoms with Crippen LogP contribution in [0.25, 0.3) is 21.5 Å². The molecule has 30 heavy (non-hydrogen) atoms. The van der Waals surface area contributed by atoms with Crippen LogP contribution in [0.4, 0.5) is 0 Å². The molecule has 5 rings (SSSR count). The first-order valence-electron chi connectivity index (χ1n) is 9.33. The number of carbonyl (C=O) groups excluding carboxylic acids is 1. The van der Waals surface area contributed by atoms with Crippen LogP contribution in [0.5, 0.6) is 0 Å². The first kappa shape index (κ1) is 19.8. The van der Waals surface area contributed by atoms with Gasteiger partial charge in [0.05, 0.1) is 10.4 Å². The van der Waals surface area contributed by atoms with E-state index in [9.17, 15) is 9.59 Å². The average molecular weight is 477 g/mol. The summed E-state index contributed by atoms with van der Waals surface area (Å²) in [5, 5.41) is 1.46. The van der Waals surface area contributed by atoms with Crippen molar-refractivity contribution in [3.63, 3.8) is 0 Å². The lowest BCUT2D eigenvalue weighted by Crippen LogP contribution is -2.29. The molecule has 0 unspecified atom stereocenters. The molecule has 0 fully saturated rings. The predicted molar refractivity (Wildman–Crippen MR) is 122 cm³/mol. The first-order chi connectivity index (χ1) is 14.4. The third-order valence-corrected chi connectivity index (χ3v) is 7.27. The predicted octanol–water partition coefficient (Wildman–Crippen LogP) is 6.25. The summed E-state index contributed by atoms with van der Waals surface area (Å²) in [5.41, 5.74) is 1.23. The van der Waals surface area contributed by atoms with Crippen molar-refractivity contribution in [2.45, 2.75) is 25.7 Å². The van der Waals surface area contributed by atoms with E-state index in [2.05, 4.69) is 4.98 Å². The zero-order valence-electron chi connectivity index (χ0n) is 15.5. The molecule has 3 aromatic heterocycles. The Bertz CT molecular complexity index is 1440. The Morgan fingerprint density at radius 3 is 2.77 bits per heavy atom. The highest BCUT2D eigenvalue weighted by Gasteiger charge is 2.24. The van der Waals surface area contributed by atoms with E-state index in [1.54, 1.807) is 35.6 Å². The number of benzene rings is 1. The van der Waals surface area contributed by atoms with Gasteiger partial charge in [-0.2, -0.15) is 0 Å². The van der Waals surface area contributed by atoms with Gasteiger partial charge in [-0.1, -0.05) is 23.2 Å². The molecule has 0 radical (unpaired) electrons. The lowest BCUT2D eigenvalue weighted by atomic mass is 9.97. The molecule has 0 bridgehead atoms. The molecule has 1 aromatic carbocycles. The maximum Gasteiger partial charge on any atom is 0.302 e. The summed E-state index contributed by atoms with van der Waals surface area (Å²) in [6.07, 6.45) is 3.93. The molecule has 3 heterocycles. The Kier molecular flexibility index (Phi) is 4.94. The van der Waals surface area contributed by atoms with Crippen LogP contribution >= 0.6 is 46.8 Å². The van der Waals surface area contributed by atoms with Crippen LogP contribution in [0.15, 0.2) is 39.5 Å². The molecule has 0 aliphatic heterocycles. The van der Waals surface area contributed by atoms with Gasteiger partial charge in [-0.3, -0.25) is 9.59 Å². The Morgan fingerprint density at radius 1 is 1.17 bits per heavy atom. The summed E-state index contributed by atoms with van der Waals surface area (Å²) in [4.78, 5) is 31.4. The van der Waals surface area contributed by atoms with Gasteiger partial charge >= 0.3 is 5.91 Å². The van der Waals surface area contributed by atoms with Gasteiger partial charge in [-0.25, -0.2) is 4.57 Å². The van der Waals surface area contributed by atoms with Crippen molar-refractivity contribution in [2.24, 2.45) is 0 Å². The second-order valence-corrected chi connectivity index (χ2v) is 9.41. The van der Waals surface area contributed by atoms with Crippen molar-refractivity contribution < 1.29 is 9.21 Å². The lowest BCUT2D eigenvalue weighted by molar-refractivity contribution is 0.0927. The number of carbonyl (C=O) groups is 1. The van der Waals surface area contributed by atoms with Gasteiger partial charge in [0, 0.05) is 15.5 Å². The summed E-state index contributed by atoms with van der Waals surface area (Å²) in [6.45, 7) is 0. The first-order valence-corrected chi connectivity index (χ1v) is 11.3. The third-order valence-electron chi connectivity index (χ3n) is 5.23. The number of aryl methyl sites for hydroxylation is 2. The van der Waals surface area contributed by atoms with Crippen molar-refractivity contribution >= 4 is 62.9 Å². The Balaban J connectivity index is 1.61. The molecule has 1 N–H and O–H groups in total. The van der Waals surface area contributed by atoms with Gasteiger partial charge in [0.15, 0.2) is 10.5 Å². The minimum atomic E-state index is -0.616. The molecule has 4 aromatic rings. The standard InChI is InChI=1S/C21H14Cl2N2O3S2/c22-10-5-6-11(13(23)9-10)14-7-8-15(28-14)19(26)25-20(27)17-12-3-1-2-4-16(12)30-18(17)24-21(25)29/h5-9H,1-4H2,(H,24,29). The van der Waals surface area contributed by atoms with Crippen molar-refractivity contribution in [1.82, 2.24) is 9.55 Å². The number of fused-ring (bicyclic) bond motifs is 3. The minimum absolute atomic E-state index is 0.000985. The number of H-pyrrole nitrogens is 1. The molecule has 9 heteroatoms. The topological polar surface area (TPSA) is 68.0 Å². The summed E-state index contributed by atoms with van der Waals surface area (Å²) in [5.74, 6) is -0.215. The van der Waals surface area contributed by atoms with Crippen molar-refractivity contribution in [3.8, 4) is 11.3 Å². The van der Waals surface area contributed by atoms with E-state index in [-0.39, 0.29) is 10.5 Å². The van der Waals surface area contributed by atoms with Gasteiger partial charge in [0.2, 0.25) is 0 Å². The van der Waals surface area contributed by atoms with Crippen molar-refractivity contribution in [2.75, 3.05) is 0 Å². The minimum Gasteiger partial charge on any atom is -0.451 e. The second-order valence-electron chi connectivity index (χ2n) is 7.08. The number of thiophene rings is 1. The SMILES string of the molecule is O=C(c1ccc(-c2ccc(Cl)cc2Cl)o1)n1c(=S)[nH]c2sc3c(c2c1=O)CCCC3. The quantitative estimate of drug-likeness (QED) is 0.347. The lowest BCUT2D eigenvalue weighted by Gasteiger charge is -2.10. The zero-order valence-corrected chi connectivity index (χ0v) is 18.6. The van der Waals surface area contributed by atoms with Gasteiger partial charge in [-0.15, -0.1) is 11.3 Å². The number of hydrogen-bond donors (Lipinski definition) is 1. The molecule has 1 aliphatic rings. The molecule has 0 spiro atoms. The number of nitrogens with one attached hydrogen (secondary N) is 1. The Hall–Kier alpha value is -2.19. The van der Waals surface area contributed by atoms with Crippen LogP contribution in [0.1, 0.15) is 33.8 Å². The molecule has 152 valence electrons. The van der Waals surface area contributed by atoms with E-state index < -0.39 is 11.5 Å². The molecule has 0 saturated carbocycles. The van der Waals surface area contributed by atoms with Crippen LogP contribution < -0.4 is 5.56 Å². The fourth-order valence-corrected chi connectivity index (χ4v) is 5.93. The monoisotopic (exact) mass is 476 g/mol. The summed E-state index contributed by atoms with van der Waals surface area (Å²) in [7, 11) is 0. The number of furan rings is 1. The number of halogens is 2. The molecular weight excluding hydrogens is 463 g/mol. The molecule has 1 aliphatic carbocycles. The summed E-state index contributed by atoms with van der Waals surface area (Å²) >= 11 is 19.1. The van der Waals surface area contributed by atoms with Gasteiger partial charge in [-0.05, 0) is 73.8 Å². The zero-order chi connectivity index (χ0) is 21.0. The van der Waals surface area contributed by atoms with Crippen molar-refractivity contribution in [3.05, 3.63) is 71.7 Å². The van der Waals surface area contributed by atoms with Gasteiger partial charge in [0.1, 0.15) is 10.6 Å². The van der Waals surface area contributed by atoms with Gasteiger partial charge < -0.3 is 9.40 Å². The largest absolute Gasteiger partial charge is 0.451 e. The fourth-order valence-electron chi connectivity index (χ4n) is 3.82. The number of aromatic nitrogens is 2. The van der Waals surface area contributed by atoms with Crippen molar-refractivity contribution in [1.29, 1.82) is 0 Å². The average Bonchev–Trinajstić information content (AvgIpc) is 3.32. The van der Waals surface area contributed by atoms with Gasteiger partial charge in [0.25, 0.3) is 5.56 Å². The van der Waals surface area contributed by atoms with Crippen LogP contribution in [0, 0.1) is 4.77 Å². The normalized spacial score (nSPS) is 13.5. The molecule has 0 amide bonds. The van der Waals surface area contributed by atoms with Crippen LogP contribution in [-0.2, 0) is 12.8 Å². The summed E-state index contributed by atoms with van der Waals surface area (Å²) in [6, 6.07) is 8.13. The molecule has 0 saturated heterocycles. The Labute approximate surface area is 189 Å². The molecule has 5 nitrogen and oxygen atoms in total. The van der Waals surface area contributed by atoms with E-state index in [0.29, 0.717) is 26.8 Å². The highest BCUT2D eigenvalue weighted by Crippen LogP contribution is 2.34. The van der Waals surface area contributed by atoms with E-state index in [0.717, 1.165) is 40.6 Å². The maximum atomic E-state index is 13.3. The number of aromatic amines is 1. The number of rotatable bonds is 2. The van der Waals surface area contributed by atoms with Crippen LogP contribution in [0.2, 0.25) is 10.0 Å². The van der Waals surface area contributed by atoms with E-state index in [1.807, 2.05) is 0 Å². The number of hydrogen-bond acceptors (Lipinski definition) is 5. The van der Waals surface area contributed by atoms with E-state index in [4.69, 9.17) is 39.8 Å². The van der Waals surface area contributed by atoms with E-state index >= 15 is 0 Å².